The van der Waals surface area contributed by atoms with Gasteiger partial charge in [-0.1, -0.05) is 12.1 Å². The molecule has 2 rings (SSSR count). The number of benzene rings is 1. The van der Waals surface area contributed by atoms with Crippen LogP contribution in [0.25, 0.3) is 0 Å². The average molecular weight is 245 g/mol. The van der Waals surface area contributed by atoms with Gasteiger partial charge in [0.25, 0.3) is 0 Å². The minimum Gasteiger partial charge on any atom is -0.406 e. The highest BCUT2D eigenvalue weighted by Gasteiger charge is 2.31. The van der Waals surface area contributed by atoms with Crippen molar-refractivity contribution in [2.45, 2.75) is 25.1 Å². The van der Waals surface area contributed by atoms with E-state index < -0.39 is 6.36 Å². The summed E-state index contributed by atoms with van der Waals surface area (Å²) in [6.07, 6.45) is -2.57. The molecule has 0 aromatic heterocycles. The van der Waals surface area contributed by atoms with E-state index >= 15 is 0 Å². The summed E-state index contributed by atoms with van der Waals surface area (Å²) in [6, 6.07) is 6.25. The third kappa shape index (κ3) is 3.63. The number of hydrogen-bond acceptors (Lipinski definition) is 2. The van der Waals surface area contributed by atoms with Crippen LogP contribution in [0, 0.1) is 0 Å². The predicted molar refractivity (Wildman–Crippen MR) is 58.0 cm³/mol. The molecule has 1 aliphatic heterocycles. The zero-order valence-electron chi connectivity index (χ0n) is 9.26. The molecule has 2 nitrogen and oxygen atoms in total. The van der Waals surface area contributed by atoms with Gasteiger partial charge in [-0.15, -0.1) is 13.2 Å². The molecule has 0 aliphatic carbocycles. The minimum atomic E-state index is -4.62. The number of ether oxygens (including phenoxy) is 1. The Hall–Kier alpha value is -1.23. The summed E-state index contributed by atoms with van der Waals surface area (Å²) in [6.45, 7) is 1.80. The third-order valence-electron chi connectivity index (χ3n) is 2.86. The highest BCUT2D eigenvalue weighted by atomic mass is 19.4. The fourth-order valence-corrected chi connectivity index (χ4v) is 2.10. The Morgan fingerprint density at radius 3 is 2.76 bits per heavy atom. The lowest BCUT2D eigenvalue weighted by Crippen LogP contribution is -2.28. The molecular formula is C12H14F3NO. The molecule has 0 saturated carbocycles. The molecule has 1 aromatic carbocycles. The van der Waals surface area contributed by atoms with Crippen LogP contribution in [0.15, 0.2) is 24.3 Å². The second-order valence-corrected chi connectivity index (χ2v) is 4.16. The van der Waals surface area contributed by atoms with Crippen LogP contribution in [0.1, 0.15) is 24.3 Å². The van der Waals surface area contributed by atoms with Crippen LogP contribution in [0.4, 0.5) is 13.2 Å². The van der Waals surface area contributed by atoms with Crippen LogP contribution in [0.3, 0.4) is 0 Å². The van der Waals surface area contributed by atoms with Gasteiger partial charge in [0.2, 0.25) is 0 Å². The molecule has 1 fully saturated rings. The molecule has 17 heavy (non-hydrogen) atoms. The number of piperidine rings is 1. The Bertz CT molecular complexity index is 372. The quantitative estimate of drug-likeness (QED) is 0.864. The molecular weight excluding hydrogens is 231 g/mol. The first kappa shape index (κ1) is 12.2. The van der Waals surface area contributed by atoms with E-state index in [0.29, 0.717) is 0 Å². The number of nitrogens with one attached hydrogen (secondary N) is 1. The third-order valence-corrected chi connectivity index (χ3v) is 2.86. The first-order valence-electron chi connectivity index (χ1n) is 5.61. The Labute approximate surface area is 97.8 Å². The van der Waals surface area contributed by atoms with Gasteiger partial charge >= 0.3 is 6.36 Å². The van der Waals surface area contributed by atoms with E-state index in [1.807, 2.05) is 6.07 Å². The van der Waals surface area contributed by atoms with Crippen LogP contribution < -0.4 is 10.1 Å². The highest BCUT2D eigenvalue weighted by Crippen LogP contribution is 2.28. The van der Waals surface area contributed by atoms with E-state index in [0.717, 1.165) is 31.5 Å². The van der Waals surface area contributed by atoms with Crippen LogP contribution in [-0.2, 0) is 0 Å². The Morgan fingerprint density at radius 2 is 2.12 bits per heavy atom. The van der Waals surface area contributed by atoms with Crippen molar-refractivity contribution in [1.29, 1.82) is 0 Å². The van der Waals surface area contributed by atoms with Crippen molar-refractivity contribution >= 4 is 0 Å². The van der Waals surface area contributed by atoms with Crippen molar-refractivity contribution in [3.8, 4) is 5.75 Å². The van der Waals surface area contributed by atoms with Gasteiger partial charge in [0.15, 0.2) is 0 Å². The monoisotopic (exact) mass is 245 g/mol. The van der Waals surface area contributed by atoms with Crippen molar-refractivity contribution in [2.24, 2.45) is 0 Å². The maximum atomic E-state index is 12.1. The SMILES string of the molecule is FC(F)(F)Oc1cccc(C2CCCNC2)c1. The molecule has 0 spiro atoms. The van der Waals surface area contributed by atoms with E-state index in [1.54, 1.807) is 6.07 Å². The molecule has 0 amide bonds. The summed E-state index contributed by atoms with van der Waals surface area (Å²) in [5.74, 6) is 0.140. The largest absolute Gasteiger partial charge is 0.573 e. The zero-order chi connectivity index (χ0) is 12.3. The van der Waals surface area contributed by atoms with Gasteiger partial charge in [-0.25, -0.2) is 0 Å². The molecule has 0 radical (unpaired) electrons. The Balaban J connectivity index is 2.10. The maximum Gasteiger partial charge on any atom is 0.573 e. The summed E-state index contributed by atoms with van der Waals surface area (Å²) < 4.78 is 40.2. The lowest BCUT2D eigenvalue weighted by atomic mass is 9.92. The number of rotatable bonds is 2. The van der Waals surface area contributed by atoms with E-state index in [1.165, 1.54) is 12.1 Å². The van der Waals surface area contributed by atoms with E-state index in [9.17, 15) is 13.2 Å². The van der Waals surface area contributed by atoms with Crippen LogP contribution in [-0.4, -0.2) is 19.5 Å². The molecule has 0 bridgehead atoms. The van der Waals surface area contributed by atoms with E-state index in [4.69, 9.17) is 0 Å². The van der Waals surface area contributed by atoms with Gasteiger partial charge in [-0.3, -0.25) is 0 Å². The standard InChI is InChI=1S/C12H14F3NO/c13-12(14,15)17-11-5-1-3-9(7-11)10-4-2-6-16-8-10/h1,3,5,7,10,16H,2,4,6,8H2. The lowest BCUT2D eigenvalue weighted by molar-refractivity contribution is -0.274. The van der Waals surface area contributed by atoms with Crippen LogP contribution in [0.2, 0.25) is 0 Å². The van der Waals surface area contributed by atoms with E-state index in [-0.39, 0.29) is 11.7 Å². The maximum absolute atomic E-state index is 12.1. The molecule has 1 aliphatic rings. The Kier molecular flexibility index (Phi) is 3.57. The summed E-state index contributed by atoms with van der Waals surface area (Å²) in [7, 11) is 0. The van der Waals surface area contributed by atoms with Crippen molar-refractivity contribution in [2.75, 3.05) is 13.1 Å². The van der Waals surface area contributed by atoms with Gasteiger partial charge in [-0.2, -0.15) is 0 Å². The molecule has 1 atom stereocenters. The van der Waals surface area contributed by atoms with Crippen LogP contribution in [0.5, 0.6) is 5.75 Å². The predicted octanol–water partition coefficient (Wildman–Crippen LogP) is 3.05. The molecule has 1 unspecified atom stereocenters. The second kappa shape index (κ2) is 4.96. The average Bonchev–Trinajstić information content (AvgIpc) is 2.28. The number of halogens is 3. The Morgan fingerprint density at radius 1 is 1.29 bits per heavy atom. The van der Waals surface area contributed by atoms with Gasteiger partial charge in [0.05, 0.1) is 0 Å². The van der Waals surface area contributed by atoms with Crippen molar-refractivity contribution in [3.63, 3.8) is 0 Å². The summed E-state index contributed by atoms with van der Waals surface area (Å²) in [4.78, 5) is 0. The molecule has 1 aromatic rings. The summed E-state index contributed by atoms with van der Waals surface area (Å²) in [5.41, 5.74) is 0.902. The summed E-state index contributed by atoms with van der Waals surface area (Å²) in [5, 5.41) is 3.24. The van der Waals surface area contributed by atoms with Gasteiger partial charge in [-0.05, 0) is 43.0 Å². The van der Waals surface area contributed by atoms with Gasteiger partial charge in [0.1, 0.15) is 5.75 Å². The van der Waals surface area contributed by atoms with Crippen molar-refractivity contribution in [3.05, 3.63) is 29.8 Å². The fourth-order valence-electron chi connectivity index (χ4n) is 2.10. The highest BCUT2D eigenvalue weighted by molar-refractivity contribution is 5.31. The molecule has 94 valence electrons. The molecule has 1 saturated heterocycles. The van der Waals surface area contributed by atoms with Crippen LogP contribution >= 0.6 is 0 Å². The van der Waals surface area contributed by atoms with Gasteiger partial charge in [0, 0.05) is 6.54 Å². The minimum absolute atomic E-state index is 0.138. The molecule has 1 N–H and O–H groups in total. The first-order valence-corrected chi connectivity index (χ1v) is 5.61. The fraction of sp³-hybridized carbons (Fsp3) is 0.500. The van der Waals surface area contributed by atoms with Gasteiger partial charge < -0.3 is 10.1 Å². The number of alkyl halides is 3. The first-order chi connectivity index (χ1) is 8.04. The molecule has 1 heterocycles. The topological polar surface area (TPSA) is 21.3 Å². The van der Waals surface area contributed by atoms with E-state index in [2.05, 4.69) is 10.1 Å². The van der Waals surface area contributed by atoms with Crippen molar-refractivity contribution in [1.82, 2.24) is 5.32 Å². The smallest absolute Gasteiger partial charge is 0.406 e. The lowest BCUT2D eigenvalue weighted by Gasteiger charge is -2.23. The normalized spacial score (nSPS) is 21.2. The van der Waals surface area contributed by atoms with Crippen molar-refractivity contribution < 1.29 is 17.9 Å². The number of hydrogen-bond donors (Lipinski definition) is 1. The second-order valence-electron chi connectivity index (χ2n) is 4.16. The zero-order valence-corrected chi connectivity index (χ0v) is 9.26. The molecule has 5 heteroatoms. The summed E-state index contributed by atoms with van der Waals surface area (Å²) >= 11 is 0.